The Bertz CT molecular complexity index is 1120. The number of methoxy groups -OCH3 is 1. The van der Waals surface area contributed by atoms with E-state index in [0.717, 1.165) is 10.5 Å². The molecule has 31 heavy (non-hydrogen) atoms. The maximum atomic E-state index is 13.7. The lowest BCUT2D eigenvalue weighted by Gasteiger charge is -2.28. The number of carbonyl (C=O) groups is 4. The average molecular weight is 425 g/mol. The third kappa shape index (κ3) is 3.52. The minimum atomic E-state index is -1.03. The standard InChI is InChI=1S/C22H20FN3O5/c1-11(12-6-7-14(23)17(10-12)31-2)24-15-5-3-4-13-19(15)22(30)26(21(13)29)16-8-9-18(27)25-20(16)28/h3-7,10-11,16,24H,8-9H2,1-2H3,(H,25,27,28)/t11-,16?/m0/s1. The zero-order valence-corrected chi connectivity index (χ0v) is 16.9. The van der Waals surface area contributed by atoms with Gasteiger partial charge in [-0.15, -0.1) is 0 Å². The highest BCUT2D eigenvalue weighted by molar-refractivity contribution is 6.25. The predicted molar refractivity (Wildman–Crippen MR) is 108 cm³/mol. The van der Waals surface area contributed by atoms with Gasteiger partial charge in [-0.25, -0.2) is 4.39 Å². The van der Waals surface area contributed by atoms with Crippen LogP contribution >= 0.6 is 0 Å². The zero-order valence-electron chi connectivity index (χ0n) is 16.9. The summed E-state index contributed by atoms with van der Waals surface area (Å²) in [6, 6.07) is 7.90. The lowest BCUT2D eigenvalue weighted by atomic mass is 10.0. The minimum Gasteiger partial charge on any atom is -0.494 e. The summed E-state index contributed by atoms with van der Waals surface area (Å²) < 4.78 is 18.7. The van der Waals surface area contributed by atoms with E-state index in [1.165, 1.54) is 19.2 Å². The largest absolute Gasteiger partial charge is 0.494 e. The van der Waals surface area contributed by atoms with Gasteiger partial charge < -0.3 is 10.1 Å². The van der Waals surface area contributed by atoms with Crippen LogP contribution in [0.5, 0.6) is 5.75 Å². The number of hydrogen-bond donors (Lipinski definition) is 2. The van der Waals surface area contributed by atoms with E-state index in [-0.39, 0.29) is 35.8 Å². The second-order valence-electron chi connectivity index (χ2n) is 7.44. The Morgan fingerprint density at radius 1 is 1.16 bits per heavy atom. The van der Waals surface area contributed by atoms with E-state index in [0.29, 0.717) is 5.69 Å². The fraction of sp³-hybridized carbons (Fsp3) is 0.273. The van der Waals surface area contributed by atoms with E-state index in [2.05, 4.69) is 10.6 Å². The molecule has 2 N–H and O–H groups in total. The first kappa shape index (κ1) is 20.5. The molecule has 2 aliphatic rings. The minimum absolute atomic E-state index is 0.0539. The molecule has 2 atom stereocenters. The first-order valence-corrected chi connectivity index (χ1v) is 9.76. The monoisotopic (exact) mass is 425 g/mol. The number of halogens is 1. The van der Waals surface area contributed by atoms with Gasteiger partial charge in [-0.05, 0) is 43.2 Å². The molecule has 1 saturated heterocycles. The summed E-state index contributed by atoms with van der Waals surface area (Å²) in [4.78, 5) is 50.6. The Labute approximate surface area is 177 Å². The summed E-state index contributed by atoms with van der Waals surface area (Å²) in [5.74, 6) is -2.65. The predicted octanol–water partition coefficient (Wildman–Crippen LogP) is 2.41. The highest BCUT2D eigenvalue weighted by atomic mass is 19.1. The van der Waals surface area contributed by atoms with Gasteiger partial charge in [0, 0.05) is 18.2 Å². The number of hydrogen-bond acceptors (Lipinski definition) is 6. The molecule has 2 heterocycles. The molecule has 1 fully saturated rings. The molecule has 9 heteroatoms. The molecule has 160 valence electrons. The van der Waals surface area contributed by atoms with Crippen LogP contribution in [0.15, 0.2) is 36.4 Å². The van der Waals surface area contributed by atoms with Gasteiger partial charge in [0.15, 0.2) is 11.6 Å². The van der Waals surface area contributed by atoms with Crippen molar-refractivity contribution in [3.05, 3.63) is 58.9 Å². The molecule has 0 aromatic heterocycles. The second kappa shape index (κ2) is 7.82. The van der Waals surface area contributed by atoms with Crippen molar-refractivity contribution in [1.82, 2.24) is 10.2 Å². The fourth-order valence-electron chi connectivity index (χ4n) is 3.90. The van der Waals surface area contributed by atoms with Crippen molar-refractivity contribution in [2.75, 3.05) is 12.4 Å². The molecule has 4 rings (SSSR count). The first-order valence-electron chi connectivity index (χ1n) is 9.76. The van der Waals surface area contributed by atoms with Gasteiger partial charge in [0.1, 0.15) is 6.04 Å². The van der Waals surface area contributed by atoms with Crippen LogP contribution in [0.2, 0.25) is 0 Å². The molecule has 2 aliphatic heterocycles. The average Bonchev–Trinajstić information content (AvgIpc) is 3.00. The van der Waals surface area contributed by atoms with Gasteiger partial charge in [0.25, 0.3) is 11.8 Å². The molecule has 0 aliphatic carbocycles. The summed E-state index contributed by atoms with van der Waals surface area (Å²) in [5.41, 5.74) is 1.48. The third-order valence-electron chi connectivity index (χ3n) is 5.52. The van der Waals surface area contributed by atoms with Crippen molar-refractivity contribution in [1.29, 1.82) is 0 Å². The van der Waals surface area contributed by atoms with E-state index in [1.807, 2.05) is 6.92 Å². The normalized spacial score (nSPS) is 19.2. The summed E-state index contributed by atoms with van der Waals surface area (Å²) in [6.07, 6.45) is 0.142. The molecule has 0 radical (unpaired) electrons. The number of anilines is 1. The topological polar surface area (TPSA) is 105 Å². The molecule has 0 spiro atoms. The highest BCUT2D eigenvalue weighted by Gasteiger charge is 2.45. The number of benzene rings is 2. The number of amides is 4. The maximum absolute atomic E-state index is 13.7. The Kier molecular flexibility index (Phi) is 5.18. The second-order valence-corrected chi connectivity index (χ2v) is 7.44. The van der Waals surface area contributed by atoms with Crippen LogP contribution in [0.3, 0.4) is 0 Å². The lowest BCUT2D eigenvalue weighted by Crippen LogP contribution is -2.54. The van der Waals surface area contributed by atoms with Crippen LogP contribution in [0, 0.1) is 5.82 Å². The van der Waals surface area contributed by atoms with Crippen molar-refractivity contribution in [2.24, 2.45) is 0 Å². The van der Waals surface area contributed by atoms with Crippen LogP contribution < -0.4 is 15.4 Å². The van der Waals surface area contributed by atoms with Gasteiger partial charge in [0.05, 0.1) is 18.2 Å². The number of rotatable bonds is 5. The molecule has 2 aromatic rings. The van der Waals surface area contributed by atoms with E-state index in [9.17, 15) is 23.6 Å². The number of ether oxygens (including phenoxy) is 1. The van der Waals surface area contributed by atoms with Crippen molar-refractivity contribution in [3.8, 4) is 5.75 Å². The number of nitrogens with one attached hydrogen (secondary N) is 2. The van der Waals surface area contributed by atoms with Crippen LogP contribution in [-0.2, 0) is 9.59 Å². The number of fused-ring (bicyclic) bond motifs is 1. The quantitative estimate of drug-likeness (QED) is 0.713. The van der Waals surface area contributed by atoms with Gasteiger partial charge in [0.2, 0.25) is 11.8 Å². The SMILES string of the molecule is COc1cc([C@H](C)Nc2cccc3c2C(=O)N(C2CCC(=O)NC2=O)C3=O)ccc1F. The Morgan fingerprint density at radius 3 is 2.65 bits per heavy atom. The lowest BCUT2D eigenvalue weighted by molar-refractivity contribution is -0.136. The Balaban J connectivity index is 1.63. The molecule has 1 unspecified atom stereocenters. The van der Waals surface area contributed by atoms with Gasteiger partial charge in [-0.3, -0.25) is 29.4 Å². The summed E-state index contributed by atoms with van der Waals surface area (Å²) in [5, 5.41) is 5.37. The molecular weight excluding hydrogens is 405 g/mol. The van der Waals surface area contributed by atoms with Crippen LogP contribution in [0.25, 0.3) is 0 Å². The Morgan fingerprint density at radius 2 is 1.94 bits per heavy atom. The molecule has 0 saturated carbocycles. The summed E-state index contributed by atoms with van der Waals surface area (Å²) in [6.45, 7) is 1.82. The molecule has 0 bridgehead atoms. The fourth-order valence-corrected chi connectivity index (χ4v) is 3.90. The van der Waals surface area contributed by atoms with Crippen molar-refractivity contribution in [2.45, 2.75) is 31.8 Å². The van der Waals surface area contributed by atoms with E-state index >= 15 is 0 Å². The number of nitrogens with zero attached hydrogens (tertiary/aromatic N) is 1. The number of carbonyl (C=O) groups excluding carboxylic acids is 4. The summed E-state index contributed by atoms with van der Waals surface area (Å²) >= 11 is 0. The van der Waals surface area contributed by atoms with Gasteiger partial charge >= 0.3 is 0 Å². The number of imide groups is 2. The maximum Gasteiger partial charge on any atom is 0.264 e. The van der Waals surface area contributed by atoms with E-state index < -0.39 is 35.5 Å². The summed E-state index contributed by atoms with van der Waals surface area (Å²) in [7, 11) is 1.37. The van der Waals surface area contributed by atoms with Crippen LogP contribution in [0.4, 0.5) is 10.1 Å². The van der Waals surface area contributed by atoms with Crippen molar-refractivity contribution >= 4 is 29.3 Å². The molecule has 2 aromatic carbocycles. The smallest absolute Gasteiger partial charge is 0.264 e. The van der Waals surface area contributed by atoms with Crippen molar-refractivity contribution < 1.29 is 28.3 Å². The van der Waals surface area contributed by atoms with E-state index in [4.69, 9.17) is 4.74 Å². The number of piperidine rings is 1. The van der Waals surface area contributed by atoms with Gasteiger partial charge in [-0.2, -0.15) is 0 Å². The molecular formula is C22H20FN3O5. The first-order chi connectivity index (χ1) is 14.8. The van der Waals surface area contributed by atoms with Crippen molar-refractivity contribution in [3.63, 3.8) is 0 Å². The van der Waals surface area contributed by atoms with Crippen LogP contribution in [-0.4, -0.2) is 41.7 Å². The molecule has 4 amide bonds. The van der Waals surface area contributed by atoms with E-state index in [1.54, 1.807) is 24.3 Å². The third-order valence-corrected chi connectivity index (χ3v) is 5.52. The van der Waals surface area contributed by atoms with Gasteiger partial charge in [-0.1, -0.05) is 12.1 Å². The molecule has 8 nitrogen and oxygen atoms in total. The van der Waals surface area contributed by atoms with Crippen LogP contribution in [0.1, 0.15) is 52.1 Å². The Hall–Kier alpha value is -3.75. The zero-order chi connectivity index (χ0) is 22.3. The highest BCUT2D eigenvalue weighted by Crippen LogP contribution is 2.34.